The molecule has 0 heterocycles. The maximum absolute atomic E-state index is 13.2. The molecule has 17 heavy (non-hydrogen) atoms. The normalized spacial score (nSPS) is 15.0. The first kappa shape index (κ1) is 14.6. The molecule has 1 aromatic carbocycles. The second-order valence-electron chi connectivity index (χ2n) is 4.79. The van der Waals surface area contributed by atoms with E-state index in [0.717, 1.165) is 10.0 Å². The van der Waals surface area contributed by atoms with Crippen LogP contribution < -0.4 is 5.73 Å². The molecule has 1 rings (SSSR count). The number of halogens is 2. The first-order valence-electron chi connectivity index (χ1n) is 5.70. The molecule has 0 aliphatic carbocycles. The van der Waals surface area contributed by atoms with Crippen molar-refractivity contribution in [1.29, 1.82) is 0 Å². The van der Waals surface area contributed by atoms with E-state index in [9.17, 15) is 9.50 Å². The predicted octanol–water partition coefficient (Wildman–Crippen LogP) is 2.72. The second-order valence-corrected chi connectivity index (χ2v) is 5.65. The summed E-state index contributed by atoms with van der Waals surface area (Å²) >= 11 is 3.40. The smallest absolute Gasteiger partial charge is 0.123 e. The van der Waals surface area contributed by atoms with E-state index in [0.29, 0.717) is 13.0 Å². The van der Waals surface area contributed by atoms with Gasteiger partial charge in [-0.25, -0.2) is 4.39 Å². The third-order valence-corrected chi connectivity index (χ3v) is 4.27. The minimum atomic E-state index is -0.393. The SMILES string of the molecule is CC(C)C(CN)(CO)Cc1cc(F)ccc1Br. The largest absolute Gasteiger partial charge is 0.396 e. The fourth-order valence-corrected chi connectivity index (χ4v) is 2.26. The summed E-state index contributed by atoms with van der Waals surface area (Å²) < 4.78 is 14.1. The van der Waals surface area contributed by atoms with Crippen LogP contribution in [0.2, 0.25) is 0 Å². The van der Waals surface area contributed by atoms with E-state index >= 15 is 0 Å². The average Bonchev–Trinajstić information content (AvgIpc) is 2.30. The van der Waals surface area contributed by atoms with Gasteiger partial charge in [-0.05, 0) is 36.1 Å². The number of aliphatic hydroxyl groups is 1. The molecule has 0 aliphatic rings. The summed E-state index contributed by atoms with van der Waals surface area (Å²) in [4.78, 5) is 0. The summed E-state index contributed by atoms with van der Waals surface area (Å²) in [7, 11) is 0. The zero-order valence-corrected chi connectivity index (χ0v) is 11.8. The van der Waals surface area contributed by atoms with Crippen LogP contribution in [-0.2, 0) is 6.42 Å². The third-order valence-electron chi connectivity index (χ3n) is 3.50. The van der Waals surface area contributed by atoms with Gasteiger partial charge in [0.2, 0.25) is 0 Å². The predicted molar refractivity (Wildman–Crippen MR) is 71.2 cm³/mol. The van der Waals surface area contributed by atoms with Crippen LogP contribution in [-0.4, -0.2) is 18.3 Å². The lowest BCUT2D eigenvalue weighted by molar-refractivity contribution is 0.0840. The standard InChI is InChI=1S/C13H19BrFNO/c1-9(2)13(7-16,8-17)6-10-5-11(15)3-4-12(10)14/h3-5,9,17H,6-8,16H2,1-2H3. The van der Waals surface area contributed by atoms with Gasteiger partial charge in [0.1, 0.15) is 5.82 Å². The zero-order valence-electron chi connectivity index (χ0n) is 10.2. The maximum Gasteiger partial charge on any atom is 0.123 e. The van der Waals surface area contributed by atoms with E-state index in [1.165, 1.54) is 12.1 Å². The molecule has 0 radical (unpaired) electrons. The molecule has 0 bridgehead atoms. The Labute approximate surface area is 110 Å². The van der Waals surface area contributed by atoms with E-state index in [1.54, 1.807) is 6.07 Å². The van der Waals surface area contributed by atoms with Crippen LogP contribution in [0.4, 0.5) is 4.39 Å². The lowest BCUT2D eigenvalue weighted by Gasteiger charge is -2.35. The molecule has 3 N–H and O–H groups in total. The van der Waals surface area contributed by atoms with E-state index < -0.39 is 5.41 Å². The van der Waals surface area contributed by atoms with Crippen LogP contribution in [0.5, 0.6) is 0 Å². The van der Waals surface area contributed by atoms with Crippen molar-refractivity contribution < 1.29 is 9.50 Å². The molecule has 0 amide bonds. The summed E-state index contributed by atoms with van der Waals surface area (Å²) in [5.74, 6) is -0.0384. The van der Waals surface area contributed by atoms with Gasteiger partial charge in [0.25, 0.3) is 0 Å². The Hall–Kier alpha value is -0.450. The molecule has 0 aromatic heterocycles. The van der Waals surface area contributed by atoms with Crippen LogP contribution >= 0.6 is 15.9 Å². The van der Waals surface area contributed by atoms with Crippen LogP contribution in [0.3, 0.4) is 0 Å². The topological polar surface area (TPSA) is 46.2 Å². The number of benzene rings is 1. The number of hydrogen-bond acceptors (Lipinski definition) is 2. The lowest BCUT2D eigenvalue weighted by atomic mass is 9.73. The summed E-state index contributed by atoms with van der Waals surface area (Å²) in [6, 6.07) is 4.59. The first-order valence-corrected chi connectivity index (χ1v) is 6.49. The monoisotopic (exact) mass is 303 g/mol. The molecular formula is C13H19BrFNO. The molecule has 0 spiro atoms. The highest BCUT2D eigenvalue weighted by Crippen LogP contribution is 2.33. The van der Waals surface area contributed by atoms with Crippen molar-refractivity contribution in [2.45, 2.75) is 20.3 Å². The van der Waals surface area contributed by atoms with E-state index in [2.05, 4.69) is 15.9 Å². The van der Waals surface area contributed by atoms with Crippen LogP contribution in [0.15, 0.2) is 22.7 Å². The highest BCUT2D eigenvalue weighted by molar-refractivity contribution is 9.10. The van der Waals surface area contributed by atoms with Gasteiger partial charge >= 0.3 is 0 Å². The lowest BCUT2D eigenvalue weighted by Crippen LogP contribution is -2.41. The molecule has 0 saturated carbocycles. The summed E-state index contributed by atoms with van der Waals surface area (Å²) in [5.41, 5.74) is 6.24. The zero-order chi connectivity index (χ0) is 13.1. The molecule has 1 atom stereocenters. The van der Waals surface area contributed by atoms with Crippen LogP contribution in [0, 0.1) is 17.2 Å². The number of rotatable bonds is 5. The Bertz CT molecular complexity index is 378. The van der Waals surface area contributed by atoms with E-state index in [1.807, 2.05) is 13.8 Å². The minimum Gasteiger partial charge on any atom is -0.396 e. The number of hydrogen-bond donors (Lipinski definition) is 2. The molecule has 96 valence electrons. The van der Waals surface area contributed by atoms with Gasteiger partial charge in [-0.15, -0.1) is 0 Å². The fourth-order valence-electron chi connectivity index (χ4n) is 1.87. The van der Waals surface area contributed by atoms with Crippen molar-refractivity contribution >= 4 is 15.9 Å². The first-order chi connectivity index (χ1) is 7.95. The molecule has 0 fully saturated rings. The second kappa shape index (κ2) is 5.94. The Morgan fingerprint density at radius 3 is 2.59 bits per heavy atom. The summed E-state index contributed by atoms with van der Waals surface area (Å²) in [5, 5.41) is 9.58. The quantitative estimate of drug-likeness (QED) is 0.878. The summed E-state index contributed by atoms with van der Waals surface area (Å²) in [6.45, 7) is 4.43. The highest BCUT2D eigenvalue weighted by Gasteiger charge is 2.32. The molecule has 0 aliphatic heterocycles. The van der Waals surface area contributed by atoms with E-state index in [-0.39, 0.29) is 18.3 Å². The van der Waals surface area contributed by atoms with Gasteiger partial charge in [0.05, 0.1) is 6.61 Å². The van der Waals surface area contributed by atoms with Crippen molar-refractivity contribution in [3.8, 4) is 0 Å². The van der Waals surface area contributed by atoms with Gasteiger partial charge in [-0.3, -0.25) is 0 Å². The fraction of sp³-hybridized carbons (Fsp3) is 0.538. The maximum atomic E-state index is 13.2. The van der Waals surface area contributed by atoms with Gasteiger partial charge in [-0.2, -0.15) is 0 Å². The Morgan fingerprint density at radius 2 is 2.12 bits per heavy atom. The van der Waals surface area contributed by atoms with Crippen molar-refractivity contribution in [3.63, 3.8) is 0 Å². The third kappa shape index (κ3) is 3.27. The van der Waals surface area contributed by atoms with Crippen molar-refractivity contribution in [1.82, 2.24) is 0 Å². The molecule has 2 nitrogen and oxygen atoms in total. The van der Waals surface area contributed by atoms with Crippen molar-refractivity contribution in [3.05, 3.63) is 34.1 Å². The molecule has 1 unspecified atom stereocenters. The number of aliphatic hydroxyl groups excluding tert-OH is 1. The van der Waals surface area contributed by atoms with Gasteiger partial charge < -0.3 is 10.8 Å². The molecular weight excluding hydrogens is 285 g/mol. The average molecular weight is 304 g/mol. The van der Waals surface area contributed by atoms with Gasteiger partial charge in [0, 0.05) is 16.4 Å². The van der Waals surface area contributed by atoms with Crippen molar-refractivity contribution in [2.24, 2.45) is 17.1 Å². The van der Waals surface area contributed by atoms with Gasteiger partial charge in [0.15, 0.2) is 0 Å². The van der Waals surface area contributed by atoms with E-state index in [4.69, 9.17) is 5.73 Å². The molecule has 4 heteroatoms. The Balaban J connectivity index is 3.05. The van der Waals surface area contributed by atoms with Crippen molar-refractivity contribution in [2.75, 3.05) is 13.2 Å². The van der Waals surface area contributed by atoms with Crippen LogP contribution in [0.25, 0.3) is 0 Å². The van der Waals surface area contributed by atoms with Gasteiger partial charge in [-0.1, -0.05) is 29.8 Å². The molecule has 0 saturated heterocycles. The highest BCUT2D eigenvalue weighted by atomic mass is 79.9. The Kier molecular flexibility index (Phi) is 5.10. The van der Waals surface area contributed by atoms with Crippen LogP contribution in [0.1, 0.15) is 19.4 Å². The summed E-state index contributed by atoms with van der Waals surface area (Å²) in [6.07, 6.45) is 0.565. The minimum absolute atomic E-state index is 0.00409. The molecule has 1 aromatic rings. The Morgan fingerprint density at radius 1 is 1.47 bits per heavy atom. The number of nitrogens with two attached hydrogens (primary N) is 1.